The summed E-state index contributed by atoms with van der Waals surface area (Å²) in [6, 6.07) is 0. The average molecular weight is 350 g/mol. The highest BCUT2D eigenvalue weighted by atomic mass is 16.5. The molecule has 1 fully saturated rings. The molecule has 10 heteroatoms. The first-order chi connectivity index (χ1) is 12.0. The molecule has 0 aromatic carbocycles. The highest BCUT2D eigenvalue weighted by molar-refractivity contribution is 6.06. The second-order valence-electron chi connectivity index (χ2n) is 5.97. The van der Waals surface area contributed by atoms with Crippen LogP contribution in [0.2, 0.25) is 0 Å². The van der Waals surface area contributed by atoms with Crippen molar-refractivity contribution in [1.82, 2.24) is 19.9 Å². The molecule has 0 bridgehead atoms. The van der Waals surface area contributed by atoms with E-state index >= 15 is 0 Å². The molecule has 10 nitrogen and oxygen atoms in total. The first-order valence-electron chi connectivity index (χ1n) is 8.20. The van der Waals surface area contributed by atoms with Crippen LogP contribution in [0.3, 0.4) is 0 Å². The Kier molecular flexibility index (Phi) is 5.02. The number of H-pyrrole nitrogens is 1. The number of nitrogens with one attached hydrogen (secondary N) is 2. The number of aliphatic hydroxyl groups is 1. The van der Waals surface area contributed by atoms with E-state index in [4.69, 9.17) is 16.2 Å². The Morgan fingerprint density at radius 1 is 1.52 bits per heavy atom. The average Bonchev–Trinajstić information content (AvgIpc) is 3.19. The van der Waals surface area contributed by atoms with Gasteiger partial charge in [0.2, 0.25) is 5.95 Å². The van der Waals surface area contributed by atoms with Crippen molar-refractivity contribution in [3.63, 3.8) is 0 Å². The standard InChI is InChI=1S/C15H22N6O4/c16-4-1-5-18-13(23)9-6-21(10-3-2-8(7-22)25-10)12-11(9)14(24)20-15(17)19-12/h6,8,10,22H,1-5,7,16H2,(H,18,23)(H3,17,19,20,24)/t8-,10+/m0/s1. The van der Waals surface area contributed by atoms with Crippen LogP contribution in [0, 0.1) is 0 Å². The molecule has 2 atom stereocenters. The zero-order chi connectivity index (χ0) is 18.0. The topological polar surface area (TPSA) is 161 Å². The van der Waals surface area contributed by atoms with E-state index in [0.29, 0.717) is 32.4 Å². The molecule has 0 spiro atoms. The van der Waals surface area contributed by atoms with Crippen molar-refractivity contribution in [3.8, 4) is 0 Å². The van der Waals surface area contributed by atoms with Crippen LogP contribution in [0.5, 0.6) is 0 Å². The predicted octanol–water partition coefficient (Wildman–Crippen LogP) is -0.945. The molecule has 3 rings (SSSR count). The third-order valence-corrected chi connectivity index (χ3v) is 4.21. The molecule has 0 unspecified atom stereocenters. The van der Waals surface area contributed by atoms with Gasteiger partial charge in [-0.15, -0.1) is 0 Å². The smallest absolute Gasteiger partial charge is 0.262 e. The maximum Gasteiger partial charge on any atom is 0.262 e. The van der Waals surface area contributed by atoms with Gasteiger partial charge in [-0.25, -0.2) is 0 Å². The summed E-state index contributed by atoms with van der Waals surface area (Å²) in [6.45, 7) is 0.784. The van der Waals surface area contributed by atoms with E-state index in [9.17, 15) is 14.7 Å². The van der Waals surface area contributed by atoms with Gasteiger partial charge in [0.1, 0.15) is 6.23 Å². The van der Waals surface area contributed by atoms with Gasteiger partial charge in [-0.1, -0.05) is 0 Å². The predicted molar refractivity (Wildman–Crippen MR) is 91.0 cm³/mol. The molecule has 25 heavy (non-hydrogen) atoms. The minimum absolute atomic E-state index is 0.0383. The molecule has 2 aromatic rings. The number of aromatic nitrogens is 3. The normalized spacial score (nSPS) is 20.2. The van der Waals surface area contributed by atoms with Gasteiger partial charge in [0.25, 0.3) is 11.5 Å². The highest BCUT2D eigenvalue weighted by Gasteiger charge is 2.30. The van der Waals surface area contributed by atoms with Crippen LogP contribution in [0.1, 0.15) is 35.8 Å². The Labute approximate surface area is 143 Å². The summed E-state index contributed by atoms with van der Waals surface area (Å²) >= 11 is 0. The van der Waals surface area contributed by atoms with Crippen molar-refractivity contribution in [2.45, 2.75) is 31.6 Å². The number of carbonyl (C=O) groups excluding carboxylic acids is 1. The third kappa shape index (κ3) is 3.36. The van der Waals surface area contributed by atoms with Crippen LogP contribution in [0.4, 0.5) is 5.95 Å². The fourth-order valence-electron chi connectivity index (χ4n) is 2.99. The zero-order valence-electron chi connectivity index (χ0n) is 13.7. The van der Waals surface area contributed by atoms with E-state index < -0.39 is 11.8 Å². The van der Waals surface area contributed by atoms with E-state index in [-0.39, 0.29) is 41.2 Å². The lowest BCUT2D eigenvalue weighted by atomic mass is 10.2. The number of nitrogen functional groups attached to an aromatic ring is 1. The lowest BCUT2D eigenvalue weighted by molar-refractivity contribution is -0.0204. The van der Waals surface area contributed by atoms with Gasteiger partial charge in [0, 0.05) is 12.7 Å². The van der Waals surface area contributed by atoms with Crippen molar-refractivity contribution in [2.24, 2.45) is 5.73 Å². The van der Waals surface area contributed by atoms with Crippen molar-refractivity contribution in [3.05, 3.63) is 22.1 Å². The number of anilines is 1. The largest absolute Gasteiger partial charge is 0.394 e. The van der Waals surface area contributed by atoms with Crippen molar-refractivity contribution in [2.75, 3.05) is 25.4 Å². The number of nitrogens with two attached hydrogens (primary N) is 2. The number of fused-ring (bicyclic) bond motifs is 1. The molecule has 136 valence electrons. The van der Waals surface area contributed by atoms with E-state index in [1.807, 2.05) is 0 Å². The Hall–Kier alpha value is -2.43. The van der Waals surface area contributed by atoms with E-state index in [2.05, 4.69) is 15.3 Å². The van der Waals surface area contributed by atoms with Gasteiger partial charge in [0.15, 0.2) is 5.65 Å². The SMILES string of the molecule is NCCCNC(=O)c1cn([C@H]2CC[C@@H](CO)O2)c2nc(N)[nH]c(=O)c12. The molecule has 0 aliphatic carbocycles. The number of aromatic amines is 1. The summed E-state index contributed by atoms with van der Waals surface area (Å²) in [5, 5.41) is 12.1. The second kappa shape index (κ2) is 7.21. The quantitative estimate of drug-likeness (QED) is 0.420. The number of ether oxygens (including phenoxy) is 1. The van der Waals surface area contributed by atoms with Crippen molar-refractivity contribution >= 4 is 22.9 Å². The minimum atomic E-state index is -0.484. The number of aliphatic hydroxyl groups excluding tert-OH is 1. The summed E-state index contributed by atoms with van der Waals surface area (Å²) in [7, 11) is 0. The summed E-state index contributed by atoms with van der Waals surface area (Å²) in [5.41, 5.74) is 11.1. The summed E-state index contributed by atoms with van der Waals surface area (Å²) in [6.07, 6.45) is 2.81. The van der Waals surface area contributed by atoms with E-state index in [0.717, 1.165) is 0 Å². The van der Waals surface area contributed by atoms with E-state index in [1.165, 1.54) is 0 Å². The van der Waals surface area contributed by atoms with Crippen molar-refractivity contribution in [1.29, 1.82) is 0 Å². The summed E-state index contributed by atoms with van der Waals surface area (Å²) in [4.78, 5) is 31.4. The Morgan fingerprint density at radius 2 is 2.32 bits per heavy atom. The zero-order valence-corrected chi connectivity index (χ0v) is 13.7. The number of carbonyl (C=O) groups is 1. The molecule has 0 saturated carbocycles. The third-order valence-electron chi connectivity index (χ3n) is 4.21. The highest BCUT2D eigenvalue weighted by Crippen LogP contribution is 2.31. The maximum atomic E-state index is 12.5. The number of rotatable bonds is 6. The molecule has 7 N–H and O–H groups in total. The van der Waals surface area contributed by atoms with Gasteiger partial charge in [-0.2, -0.15) is 4.98 Å². The lowest BCUT2D eigenvalue weighted by Crippen LogP contribution is -2.26. The van der Waals surface area contributed by atoms with Crippen LogP contribution < -0.4 is 22.3 Å². The summed E-state index contributed by atoms with van der Waals surface area (Å²) in [5.74, 6) is -0.422. The van der Waals surface area contributed by atoms with Crippen LogP contribution >= 0.6 is 0 Å². The Bertz CT molecular complexity index is 829. The van der Waals surface area contributed by atoms with E-state index in [1.54, 1.807) is 10.8 Å². The molecule has 2 aromatic heterocycles. The van der Waals surface area contributed by atoms with Crippen molar-refractivity contribution < 1.29 is 14.6 Å². The summed E-state index contributed by atoms with van der Waals surface area (Å²) < 4.78 is 7.38. The molecule has 1 aliphatic heterocycles. The lowest BCUT2D eigenvalue weighted by Gasteiger charge is -2.14. The first kappa shape index (κ1) is 17.4. The molecular formula is C15H22N6O4. The first-order valence-corrected chi connectivity index (χ1v) is 8.20. The van der Waals surface area contributed by atoms with Gasteiger partial charge in [-0.3, -0.25) is 14.6 Å². The van der Waals surface area contributed by atoms with Crippen LogP contribution in [0.25, 0.3) is 11.0 Å². The monoisotopic (exact) mass is 350 g/mol. The van der Waals surface area contributed by atoms with Crippen LogP contribution in [0.15, 0.2) is 11.0 Å². The fraction of sp³-hybridized carbons (Fsp3) is 0.533. The number of amides is 1. The van der Waals surface area contributed by atoms with Gasteiger partial charge in [0.05, 0.1) is 23.7 Å². The molecule has 3 heterocycles. The molecule has 1 amide bonds. The minimum Gasteiger partial charge on any atom is -0.394 e. The van der Waals surface area contributed by atoms with Gasteiger partial charge >= 0.3 is 0 Å². The number of hydrogen-bond acceptors (Lipinski definition) is 7. The second-order valence-corrected chi connectivity index (χ2v) is 5.97. The Balaban J connectivity index is 2.03. The van der Waals surface area contributed by atoms with Crippen LogP contribution in [-0.4, -0.2) is 51.3 Å². The molecule has 1 saturated heterocycles. The number of nitrogens with zero attached hydrogens (tertiary/aromatic N) is 2. The molecule has 0 radical (unpaired) electrons. The maximum absolute atomic E-state index is 12.5. The van der Waals surface area contributed by atoms with Gasteiger partial charge < -0.3 is 31.2 Å². The van der Waals surface area contributed by atoms with Crippen LogP contribution in [-0.2, 0) is 4.74 Å². The Morgan fingerprint density at radius 3 is 3.00 bits per heavy atom. The number of hydrogen-bond donors (Lipinski definition) is 5. The molecule has 1 aliphatic rings. The fourth-order valence-corrected chi connectivity index (χ4v) is 2.99. The van der Waals surface area contributed by atoms with Gasteiger partial charge in [-0.05, 0) is 25.8 Å². The molecular weight excluding hydrogens is 328 g/mol.